The molecule has 0 saturated heterocycles. The van der Waals surface area contributed by atoms with E-state index >= 15 is 0 Å². The van der Waals surface area contributed by atoms with Gasteiger partial charge in [-0.2, -0.15) is 0 Å². The lowest BCUT2D eigenvalue weighted by Gasteiger charge is -2.25. The van der Waals surface area contributed by atoms with Gasteiger partial charge >= 0.3 is 23.9 Å². The van der Waals surface area contributed by atoms with Crippen LogP contribution in [0.5, 0.6) is 0 Å². The van der Waals surface area contributed by atoms with Gasteiger partial charge in [-0.05, 0) is 83.1 Å². The summed E-state index contributed by atoms with van der Waals surface area (Å²) >= 11 is 0. The van der Waals surface area contributed by atoms with E-state index in [-0.39, 0.29) is 12.8 Å². The number of ether oxygens (including phenoxy) is 9. The third kappa shape index (κ3) is 32.0. The van der Waals surface area contributed by atoms with E-state index in [1.807, 2.05) is 0 Å². The summed E-state index contributed by atoms with van der Waals surface area (Å²) in [7, 11) is 0. The van der Waals surface area contributed by atoms with Crippen LogP contribution in [0, 0.1) is 0 Å². The Kier molecular flexibility index (Phi) is 23.6. The van der Waals surface area contributed by atoms with Crippen LogP contribution < -0.4 is 10.6 Å². The number of hydrogen-bond donors (Lipinski definition) is 2. The third-order valence-electron chi connectivity index (χ3n) is 5.73. The minimum atomic E-state index is -0.848. The van der Waals surface area contributed by atoms with Crippen LogP contribution in [0.25, 0.3) is 0 Å². The lowest BCUT2D eigenvalue weighted by molar-refractivity contribution is -0.164. The molecule has 0 radical (unpaired) electrons. The molecular formula is C36H68N2O13. The molecule has 300 valence electrons. The maximum absolute atomic E-state index is 12.6. The predicted octanol–water partition coefficient (Wildman–Crippen LogP) is 3.13. The van der Waals surface area contributed by atoms with Crippen molar-refractivity contribution in [3.8, 4) is 0 Å². The first-order valence-electron chi connectivity index (χ1n) is 17.7. The van der Waals surface area contributed by atoms with Crippen molar-refractivity contribution >= 4 is 23.9 Å². The van der Waals surface area contributed by atoms with Gasteiger partial charge in [-0.3, -0.25) is 19.2 Å². The Morgan fingerprint density at radius 2 is 0.627 bits per heavy atom. The van der Waals surface area contributed by atoms with Gasteiger partial charge in [-0.25, -0.2) is 0 Å². The molecule has 15 heteroatoms. The van der Waals surface area contributed by atoms with Crippen LogP contribution in [0.3, 0.4) is 0 Å². The average Bonchev–Trinajstić information content (AvgIpc) is 2.93. The minimum Gasteiger partial charge on any atom is -0.460 e. The molecule has 0 aromatic rings. The highest BCUT2D eigenvalue weighted by atomic mass is 16.6. The van der Waals surface area contributed by atoms with Gasteiger partial charge in [-0.1, -0.05) is 0 Å². The van der Waals surface area contributed by atoms with Crippen molar-refractivity contribution in [2.45, 2.75) is 130 Å². The Hall–Kier alpha value is -2.40. The van der Waals surface area contributed by atoms with Crippen LogP contribution in [0.1, 0.15) is 95.9 Å². The van der Waals surface area contributed by atoms with Crippen molar-refractivity contribution < 1.29 is 61.8 Å². The minimum absolute atomic E-state index is 0.148. The van der Waals surface area contributed by atoms with Crippen molar-refractivity contribution in [2.24, 2.45) is 0 Å². The molecule has 0 unspecified atom stereocenters. The summed E-state index contributed by atoms with van der Waals surface area (Å²) in [6, 6.07) is -1.70. The molecule has 0 aromatic heterocycles. The third-order valence-corrected chi connectivity index (χ3v) is 5.73. The molecule has 0 heterocycles. The van der Waals surface area contributed by atoms with Crippen molar-refractivity contribution in [1.29, 1.82) is 0 Å². The molecule has 51 heavy (non-hydrogen) atoms. The first-order chi connectivity index (χ1) is 23.5. The van der Waals surface area contributed by atoms with E-state index in [0.29, 0.717) is 79.2 Å². The van der Waals surface area contributed by atoms with E-state index in [1.165, 1.54) is 0 Å². The Morgan fingerprint density at radius 3 is 0.863 bits per heavy atom. The van der Waals surface area contributed by atoms with E-state index in [0.717, 1.165) is 0 Å². The van der Waals surface area contributed by atoms with Crippen molar-refractivity contribution in [3.63, 3.8) is 0 Å². The summed E-state index contributed by atoms with van der Waals surface area (Å²) in [6.45, 7) is 25.6. The maximum Gasteiger partial charge on any atom is 0.324 e. The molecule has 0 saturated carbocycles. The topological polar surface area (TPSA) is 175 Å². The van der Waals surface area contributed by atoms with Gasteiger partial charge in [0.15, 0.2) is 0 Å². The highest BCUT2D eigenvalue weighted by Crippen LogP contribution is 2.14. The van der Waals surface area contributed by atoms with Crippen LogP contribution in [-0.4, -0.2) is 138 Å². The average molecular weight is 737 g/mol. The highest BCUT2D eigenvalue weighted by molar-refractivity contribution is 5.83. The molecule has 0 aliphatic carbocycles. The first kappa shape index (κ1) is 48.6. The van der Waals surface area contributed by atoms with Crippen LogP contribution in [0.4, 0.5) is 0 Å². The van der Waals surface area contributed by atoms with Crippen LogP contribution in [-0.2, 0) is 61.8 Å². The first-order valence-corrected chi connectivity index (χ1v) is 17.7. The van der Waals surface area contributed by atoms with Crippen molar-refractivity contribution in [3.05, 3.63) is 0 Å². The molecule has 2 atom stereocenters. The van der Waals surface area contributed by atoms with Gasteiger partial charge in [-0.15, -0.1) is 0 Å². The summed E-state index contributed by atoms with van der Waals surface area (Å²) in [6.07, 6.45) is -0.296. The molecule has 15 nitrogen and oxygen atoms in total. The van der Waals surface area contributed by atoms with E-state index in [1.54, 1.807) is 83.1 Å². The zero-order valence-corrected chi connectivity index (χ0v) is 33.4. The van der Waals surface area contributed by atoms with Gasteiger partial charge in [0.1, 0.15) is 34.5 Å². The zero-order valence-electron chi connectivity index (χ0n) is 33.4. The van der Waals surface area contributed by atoms with Crippen molar-refractivity contribution in [2.75, 3.05) is 79.2 Å². The van der Waals surface area contributed by atoms with E-state index < -0.39 is 58.4 Å². The van der Waals surface area contributed by atoms with E-state index in [9.17, 15) is 19.2 Å². The fourth-order valence-electron chi connectivity index (χ4n) is 3.92. The molecule has 0 bridgehead atoms. The number of carbonyl (C=O) groups excluding carboxylic acids is 4. The quantitative estimate of drug-likeness (QED) is 0.0752. The smallest absolute Gasteiger partial charge is 0.324 e. The van der Waals surface area contributed by atoms with E-state index in [2.05, 4.69) is 10.6 Å². The Balaban J connectivity index is 3.99. The summed E-state index contributed by atoms with van der Waals surface area (Å²) in [5.41, 5.74) is -2.68. The molecule has 0 rings (SSSR count). The second kappa shape index (κ2) is 24.8. The molecule has 0 aliphatic heterocycles. The van der Waals surface area contributed by atoms with E-state index in [4.69, 9.17) is 42.6 Å². The summed E-state index contributed by atoms with van der Waals surface area (Å²) < 4.78 is 49.2. The normalized spacial score (nSPS) is 13.7. The highest BCUT2D eigenvalue weighted by Gasteiger charge is 2.30. The second-order valence-corrected chi connectivity index (χ2v) is 15.7. The molecule has 0 aromatic carbocycles. The Morgan fingerprint density at radius 1 is 0.392 bits per heavy atom. The molecule has 0 aliphatic rings. The lowest BCUT2D eigenvalue weighted by Crippen LogP contribution is -2.44. The number of rotatable bonds is 26. The monoisotopic (exact) mass is 736 g/mol. The van der Waals surface area contributed by atoms with Gasteiger partial charge in [0.2, 0.25) is 0 Å². The molecule has 0 spiro atoms. The zero-order chi connectivity index (χ0) is 39.1. The van der Waals surface area contributed by atoms with Gasteiger partial charge < -0.3 is 53.3 Å². The summed E-state index contributed by atoms with van der Waals surface area (Å²) in [5.74, 6) is -2.03. The number of carbonyl (C=O) groups is 4. The largest absolute Gasteiger partial charge is 0.460 e. The fourth-order valence-corrected chi connectivity index (χ4v) is 3.92. The maximum atomic E-state index is 12.6. The van der Waals surface area contributed by atoms with Crippen LogP contribution in [0.15, 0.2) is 0 Å². The standard InChI is InChI=1S/C36H68N2O13/c1-33(2,3)48-29(39)25-27(31(41)50-35(7,8)9)37-13-15-43-17-19-45-21-23-47-24-22-46-20-18-44-16-14-38-28(32(42)51-36(10,11)12)26-30(40)49-34(4,5)6/h27-28,37-38H,13-26H2,1-12H3/t27-,28-/m0/s1. The van der Waals surface area contributed by atoms with Gasteiger partial charge in [0.25, 0.3) is 0 Å². The Labute approximate surface area is 305 Å². The Bertz CT molecular complexity index is 917. The SMILES string of the molecule is CC(C)(C)OC(=O)C[C@H](NCCOCCOCCOCCOCCOCCN[C@@H](CC(=O)OC(C)(C)C)C(=O)OC(C)(C)C)C(=O)OC(C)(C)C. The number of nitrogens with one attached hydrogen (secondary N) is 2. The molecule has 2 N–H and O–H groups in total. The van der Waals surface area contributed by atoms with Crippen LogP contribution >= 0.6 is 0 Å². The van der Waals surface area contributed by atoms with Crippen molar-refractivity contribution in [1.82, 2.24) is 10.6 Å². The molecular weight excluding hydrogens is 668 g/mol. The summed E-state index contributed by atoms with van der Waals surface area (Å²) in [4.78, 5) is 49.7. The number of hydrogen-bond acceptors (Lipinski definition) is 15. The summed E-state index contributed by atoms with van der Waals surface area (Å²) in [5, 5.41) is 6.05. The fraction of sp³-hybridized carbons (Fsp3) is 0.889. The van der Waals surface area contributed by atoms with Crippen LogP contribution in [0.2, 0.25) is 0 Å². The van der Waals surface area contributed by atoms with Gasteiger partial charge in [0.05, 0.1) is 78.9 Å². The molecule has 0 fully saturated rings. The van der Waals surface area contributed by atoms with Gasteiger partial charge in [0, 0.05) is 13.1 Å². The lowest BCUT2D eigenvalue weighted by atomic mass is 10.1. The second-order valence-electron chi connectivity index (χ2n) is 15.7. The predicted molar refractivity (Wildman–Crippen MR) is 190 cm³/mol. The number of esters is 4. The molecule has 0 amide bonds.